The molecule has 1 aliphatic heterocycles. The third-order valence-corrected chi connectivity index (χ3v) is 2.73. The Bertz CT molecular complexity index is 452. The summed E-state index contributed by atoms with van der Waals surface area (Å²) in [5.41, 5.74) is 5.01. The van der Waals surface area contributed by atoms with E-state index in [0.29, 0.717) is 5.89 Å². The molecule has 8 nitrogen and oxygen atoms in total. The summed E-state index contributed by atoms with van der Waals surface area (Å²) in [5.74, 6) is -0.723. The molecular weight excluding hydrogens is 238 g/mol. The highest BCUT2D eigenvalue weighted by Gasteiger charge is 2.25. The Morgan fingerprint density at radius 2 is 2.39 bits per heavy atom. The van der Waals surface area contributed by atoms with Crippen molar-refractivity contribution in [3.8, 4) is 0 Å². The van der Waals surface area contributed by atoms with E-state index in [4.69, 9.17) is 10.3 Å². The minimum absolute atomic E-state index is 0.0143. The van der Waals surface area contributed by atoms with Gasteiger partial charge in [-0.05, 0) is 19.4 Å². The Labute approximate surface area is 104 Å². The summed E-state index contributed by atoms with van der Waals surface area (Å²) in [5, 5.41) is 6.81. The number of nitrogens with two attached hydrogens (primary N) is 1. The Morgan fingerprint density at radius 3 is 3.00 bits per heavy atom. The molecule has 1 saturated heterocycles. The first-order valence-electron chi connectivity index (χ1n) is 5.68. The molecule has 1 atom stereocenters. The zero-order chi connectivity index (χ0) is 13.1. The fourth-order valence-electron chi connectivity index (χ4n) is 1.84. The minimum atomic E-state index is -0.591. The number of aromatic nitrogens is 2. The van der Waals surface area contributed by atoms with Crippen molar-refractivity contribution in [2.24, 2.45) is 5.73 Å². The SMILES string of the molecule is CN(CC(N)=O)C(=O)c1noc(C2CCCN2)n1. The number of hydrogen-bond acceptors (Lipinski definition) is 6. The topological polar surface area (TPSA) is 114 Å². The highest BCUT2D eigenvalue weighted by Crippen LogP contribution is 2.21. The molecule has 2 rings (SSSR count). The molecule has 0 aliphatic carbocycles. The van der Waals surface area contributed by atoms with Gasteiger partial charge in [0.05, 0.1) is 12.6 Å². The van der Waals surface area contributed by atoms with E-state index in [2.05, 4.69) is 15.5 Å². The van der Waals surface area contributed by atoms with E-state index in [1.807, 2.05) is 0 Å². The van der Waals surface area contributed by atoms with Crippen LogP contribution in [0.25, 0.3) is 0 Å². The number of hydrogen-bond donors (Lipinski definition) is 2. The van der Waals surface area contributed by atoms with E-state index >= 15 is 0 Å². The van der Waals surface area contributed by atoms with Crippen LogP contribution in [0, 0.1) is 0 Å². The fraction of sp³-hybridized carbons (Fsp3) is 0.600. The third-order valence-electron chi connectivity index (χ3n) is 2.73. The van der Waals surface area contributed by atoms with Gasteiger partial charge in [-0.15, -0.1) is 0 Å². The van der Waals surface area contributed by atoms with Crippen LogP contribution in [-0.4, -0.2) is 47.0 Å². The summed E-state index contributed by atoms with van der Waals surface area (Å²) in [6.07, 6.45) is 1.95. The molecule has 98 valence electrons. The summed E-state index contributed by atoms with van der Waals surface area (Å²) >= 11 is 0. The molecular formula is C10H15N5O3. The highest BCUT2D eigenvalue weighted by atomic mass is 16.5. The van der Waals surface area contributed by atoms with Crippen molar-refractivity contribution in [2.75, 3.05) is 20.1 Å². The molecule has 1 unspecified atom stereocenters. The van der Waals surface area contributed by atoms with Gasteiger partial charge < -0.3 is 20.5 Å². The van der Waals surface area contributed by atoms with Gasteiger partial charge in [-0.1, -0.05) is 5.16 Å². The molecule has 1 aromatic heterocycles. The lowest BCUT2D eigenvalue weighted by Crippen LogP contribution is -2.35. The predicted molar refractivity (Wildman–Crippen MR) is 60.4 cm³/mol. The molecule has 0 aromatic carbocycles. The molecule has 0 saturated carbocycles. The van der Waals surface area contributed by atoms with Gasteiger partial charge >= 0.3 is 0 Å². The first-order valence-corrected chi connectivity index (χ1v) is 5.68. The Hall–Kier alpha value is -1.96. The van der Waals surface area contributed by atoms with Gasteiger partial charge in [0.1, 0.15) is 0 Å². The van der Waals surface area contributed by atoms with Crippen molar-refractivity contribution >= 4 is 11.8 Å². The van der Waals surface area contributed by atoms with E-state index in [-0.39, 0.29) is 18.4 Å². The summed E-state index contributed by atoms with van der Waals surface area (Å²) < 4.78 is 5.04. The lowest BCUT2D eigenvalue weighted by Gasteiger charge is -2.11. The number of carbonyl (C=O) groups is 2. The minimum Gasteiger partial charge on any atom is -0.368 e. The molecule has 1 fully saturated rings. The van der Waals surface area contributed by atoms with Gasteiger partial charge in [0, 0.05) is 7.05 Å². The van der Waals surface area contributed by atoms with Gasteiger partial charge in [-0.2, -0.15) is 4.98 Å². The number of nitrogens with one attached hydrogen (secondary N) is 1. The average Bonchev–Trinajstić information content (AvgIpc) is 2.97. The molecule has 18 heavy (non-hydrogen) atoms. The predicted octanol–water partition coefficient (Wildman–Crippen LogP) is -0.949. The largest absolute Gasteiger partial charge is 0.368 e. The van der Waals surface area contributed by atoms with Gasteiger partial charge in [-0.25, -0.2) is 0 Å². The Kier molecular flexibility index (Phi) is 3.56. The number of likely N-dealkylation sites (N-methyl/N-ethyl adjacent to an activating group) is 1. The molecule has 3 N–H and O–H groups in total. The Balaban J connectivity index is 2.04. The number of carbonyl (C=O) groups excluding carboxylic acids is 2. The second kappa shape index (κ2) is 5.13. The summed E-state index contributed by atoms with van der Waals surface area (Å²) in [4.78, 5) is 27.7. The van der Waals surface area contributed by atoms with Crippen LogP contribution in [0.1, 0.15) is 35.4 Å². The molecule has 0 spiro atoms. The molecule has 2 amide bonds. The first kappa shape index (κ1) is 12.5. The van der Waals surface area contributed by atoms with Crippen molar-refractivity contribution in [3.05, 3.63) is 11.7 Å². The van der Waals surface area contributed by atoms with E-state index in [0.717, 1.165) is 24.3 Å². The van der Waals surface area contributed by atoms with E-state index in [1.165, 1.54) is 7.05 Å². The maximum atomic E-state index is 11.8. The Morgan fingerprint density at radius 1 is 1.61 bits per heavy atom. The van der Waals surface area contributed by atoms with E-state index in [9.17, 15) is 9.59 Å². The van der Waals surface area contributed by atoms with Crippen molar-refractivity contribution in [2.45, 2.75) is 18.9 Å². The zero-order valence-electron chi connectivity index (χ0n) is 10.0. The van der Waals surface area contributed by atoms with Crippen molar-refractivity contribution in [1.82, 2.24) is 20.4 Å². The van der Waals surface area contributed by atoms with Crippen LogP contribution in [0.2, 0.25) is 0 Å². The van der Waals surface area contributed by atoms with Gasteiger partial charge in [0.2, 0.25) is 11.8 Å². The van der Waals surface area contributed by atoms with Crippen molar-refractivity contribution in [3.63, 3.8) is 0 Å². The lowest BCUT2D eigenvalue weighted by molar-refractivity contribution is -0.118. The number of amides is 2. The quantitative estimate of drug-likeness (QED) is 0.715. The van der Waals surface area contributed by atoms with Gasteiger partial charge in [0.25, 0.3) is 11.7 Å². The number of nitrogens with zero attached hydrogens (tertiary/aromatic N) is 3. The smallest absolute Gasteiger partial charge is 0.295 e. The lowest BCUT2D eigenvalue weighted by atomic mass is 10.2. The average molecular weight is 253 g/mol. The summed E-state index contributed by atoms with van der Waals surface area (Å²) in [7, 11) is 1.46. The molecule has 0 radical (unpaired) electrons. The normalized spacial score (nSPS) is 18.8. The summed E-state index contributed by atoms with van der Waals surface area (Å²) in [6.45, 7) is 0.724. The van der Waals surface area contributed by atoms with Crippen LogP contribution in [0.5, 0.6) is 0 Å². The van der Waals surface area contributed by atoms with Crippen LogP contribution < -0.4 is 11.1 Å². The summed E-state index contributed by atoms with van der Waals surface area (Å²) in [6, 6.07) is 0.0143. The maximum Gasteiger partial charge on any atom is 0.295 e. The van der Waals surface area contributed by atoms with Crippen molar-refractivity contribution in [1.29, 1.82) is 0 Å². The first-order chi connectivity index (χ1) is 8.58. The van der Waals surface area contributed by atoms with E-state index < -0.39 is 11.8 Å². The van der Waals surface area contributed by atoms with Crippen LogP contribution >= 0.6 is 0 Å². The molecule has 2 heterocycles. The second-order valence-electron chi connectivity index (χ2n) is 4.23. The maximum absolute atomic E-state index is 11.8. The van der Waals surface area contributed by atoms with Crippen LogP contribution in [-0.2, 0) is 4.79 Å². The molecule has 1 aliphatic rings. The highest BCUT2D eigenvalue weighted by molar-refractivity contribution is 5.92. The second-order valence-corrected chi connectivity index (χ2v) is 4.23. The van der Waals surface area contributed by atoms with Gasteiger partial charge in [-0.3, -0.25) is 9.59 Å². The number of rotatable bonds is 4. The van der Waals surface area contributed by atoms with E-state index in [1.54, 1.807) is 0 Å². The zero-order valence-corrected chi connectivity index (χ0v) is 10.0. The van der Waals surface area contributed by atoms with Crippen molar-refractivity contribution < 1.29 is 14.1 Å². The fourth-order valence-corrected chi connectivity index (χ4v) is 1.84. The van der Waals surface area contributed by atoms with Gasteiger partial charge in [0.15, 0.2) is 0 Å². The molecule has 0 bridgehead atoms. The number of primary amides is 1. The molecule has 1 aromatic rings. The van der Waals surface area contributed by atoms with Crippen LogP contribution in [0.3, 0.4) is 0 Å². The van der Waals surface area contributed by atoms with Crippen LogP contribution in [0.4, 0.5) is 0 Å². The van der Waals surface area contributed by atoms with Crippen LogP contribution in [0.15, 0.2) is 4.52 Å². The third kappa shape index (κ3) is 2.65. The monoisotopic (exact) mass is 253 g/mol. The standard InChI is InChI=1S/C10H15N5O3/c1-15(5-7(11)16)10(17)8-13-9(18-14-8)6-3-2-4-12-6/h6,12H,2-5H2,1H3,(H2,11,16). The molecule has 8 heteroatoms.